The molecule has 0 N–H and O–H groups in total. The van der Waals surface area contributed by atoms with E-state index in [1.165, 1.54) is 5.56 Å². The fraction of sp³-hybridized carbons (Fsp3) is 0.0556. The quantitative estimate of drug-likeness (QED) is 0.178. The summed E-state index contributed by atoms with van der Waals surface area (Å²) in [5.74, 6) is 1.59. The molecular weight excluding hydrogens is 755 g/mol. The average Bonchev–Trinajstić information content (AvgIpc) is 3.53. The summed E-state index contributed by atoms with van der Waals surface area (Å²) in [5.41, 5.74) is 13.1. The summed E-state index contributed by atoms with van der Waals surface area (Å²) >= 11 is 0. The van der Waals surface area contributed by atoms with Crippen molar-refractivity contribution in [2.45, 2.75) is 29.1 Å². The van der Waals surface area contributed by atoms with Crippen molar-refractivity contribution in [3.05, 3.63) is 199 Å². The fourth-order valence-corrected chi connectivity index (χ4v) is 10.9. The number of aromatic nitrogens is 3. The van der Waals surface area contributed by atoms with E-state index in [9.17, 15) is 0 Å². The molecule has 1 aliphatic heterocycles. The minimum atomic E-state index is -4.15. The van der Waals surface area contributed by atoms with Crippen LogP contribution in [0, 0.1) is 0 Å². The van der Waals surface area contributed by atoms with Crippen LogP contribution in [0.4, 0.5) is 0 Å². The zero-order chi connectivity index (χ0) is 40.6. The lowest BCUT2D eigenvalue weighted by Gasteiger charge is -2.24. The van der Waals surface area contributed by atoms with Crippen molar-refractivity contribution in [3.63, 3.8) is 0 Å². The maximum absolute atomic E-state index is 15.7. The monoisotopic (exact) mass is 791 g/mol. The standard InChI is InChI=1S/C54H37N3O2S/c1-54(2)47-27-15-13-25-42(47)45-32-46-44-31-36(53-56-51(34-17-5-3-6-18-34)55-52(57-53)35-19-7-4-8-20-35)29-30-41(44)39-23-10-9-21-37(39)38-22-11-12-24-40(38)43-26-14-16-28-49(43)60(58,59)50(46)33-48(45)54/h3-33H,1-2H3. The van der Waals surface area contributed by atoms with Gasteiger partial charge in [-0.25, -0.2) is 23.4 Å². The molecule has 2 aliphatic rings. The molecule has 60 heavy (non-hydrogen) atoms. The first-order valence-electron chi connectivity index (χ1n) is 20.1. The van der Waals surface area contributed by atoms with Gasteiger partial charge in [0.25, 0.3) is 0 Å². The van der Waals surface area contributed by atoms with Gasteiger partial charge in [0.05, 0.1) is 9.79 Å². The van der Waals surface area contributed by atoms with Crippen molar-refractivity contribution in [3.8, 4) is 89.8 Å². The summed E-state index contributed by atoms with van der Waals surface area (Å²) in [5, 5.41) is 0. The van der Waals surface area contributed by atoms with Gasteiger partial charge in [-0.3, -0.25) is 0 Å². The Morgan fingerprint density at radius 3 is 1.37 bits per heavy atom. The molecule has 9 aromatic rings. The largest absolute Gasteiger partial charge is 0.218 e. The third-order valence-electron chi connectivity index (χ3n) is 12.1. The van der Waals surface area contributed by atoms with Crippen LogP contribution in [0.2, 0.25) is 0 Å². The predicted octanol–water partition coefficient (Wildman–Crippen LogP) is 13.0. The summed E-state index contributed by atoms with van der Waals surface area (Å²) < 4.78 is 31.5. The summed E-state index contributed by atoms with van der Waals surface area (Å²) in [6.45, 7) is 4.37. The first-order chi connectivity index (χ1) is 29.3. The molecule has 286 valence electrons. The van der Waals surface area contributed by atoms with E-state index in [0.29, 0.717) is 28.6 Å². The van der Waals surface area contributed by atoms with E-state index in [2.05, 4.69) is 86.6 Å². The first kappa shape index (κ1) is 35.8. The number of sulfone groups is 1. The van der Waals surface area contributed by atoms with Crippen molar-refractivity contribution < 1.29 is 8.42 Å². The van der Waals surface area contributed by atoms with Crippen LogP contribution in [0.1, 0.15) is 25.0 Å². The molecule has 2 heterocycles. The van der Waals surface area contributed by atoms with Gasteiger partial charge in [-0.05, 0) is 79.9 Å². The van der Waals surface area contributed by atoms with E-state index in [4.69, 9.17) is 15.0 Å². The van der Waals surface area contributed by atoms with Gasteiger partial charge >= 0.3 is 0 Å². The van der Waals surface area contributed by atoms with Gasteiger partial charge in [0.1, 0.15) is 0 Å². The molecule has 0 radical (unpaired) electrons. The molecule has 1 aromatic heterocycles. The highest BCUT2D eigenvalue weighted by atomic mass is 32.2. The van der Waals surface area contributed by atoms with Crippen LogP contribution in [0.5, 0.6) is 0 Å². The second-order valence-electron chi connectivity index (χ2n) is 16.0. The lowest BCUT2D eigenvalue weighted by Crippen LogP contribution is -2.16. The zero-order valence-electron chi connectivity index (χ0n) is 33.0. The van der Waals surface area contributed by atoms with Crippen LogP contribution in [-0.4, -0.2) is 23.4 Å². The maximum atomic E-state index is 15.7. The third-order valence-corrected chi connectivity index (χ3v) is 14.0. The molecule has 0 unspecified atom stereocenters. The van der Waals surface area contributed by atoms with E-state index < -0.39 is 15.3 Å². The molecule has 11 rings (SSSR count). The molecule has 6 heteroatoms. The Morgan fingerprint density at radius 2 is 0.783 bits per heavy atom. The molecular formula is C54H37N3O2S. The van der Waals surface area contributed by atoms with Gasteiger partial charge in [-0.1, -0.05) is 178 Å². The molecule has 1 aliphatic carbocycles. The number of nitrogens with zero attached hydrogens (tertiary/aromatic N) is 3. The molecule has 0 atom stereocenters. The van der Waals surface area contributed by atoms with Gasteiger partial charge in [-0.15, -0.1) is 0 Å². The van der Waals surface area contributed by atoms with Crippen LogP contribution >= 0.6 is 0 Å². The number of hydrogen-bond acceptors (Lipinski definition) is 5. The van der Waals surface area contributed by atoms with Gasteiger partial charge in [0, 0.05) is 33.2 Å². The van der Waals surface area contributed by atoms with Gasteiger partial charge in [-0.2, -0.15) is 0 Å². The molecule has 0 bridgehead atoms. The number of hydrogen-bond donors (Lipinski definition) is 0. The van der Waals surface area contributed by atoms with E-state index in [1.54, 1.807) is 6.07 Å². The zero-order valence-corrected chi connectivity index (χ0v) is 33.8. The second-order valence-corrected chi connectivity index (χ2v) is 17.8. The molecule has 5 nitrogen and oxygen atoms in total. The molecule has 0 fully saturated rings. The minimum Gasteiger partial charge on any atom is -0.218 e. The molecule has 0 spiro atoms. The Hall–Kier alpha value is -7.28. The predicted molar refractivity (Wildman–Crippen MR) is 241 cm³/mol. The number of rotatable bonds is 3. The van der Waals surface area contributed by atoms with E-state index in [1.807, 2.05) is 109 Å². The van der Waals surface area contributed by atoms with Gasteiger partial charge in [0.2, 0.25) is 9.84 Å². The normalized spacial score (nSPS) is 13.9. The van der Waals surface area contributed by atoms with Crippen molar-refractivity contribution in [1.29, 1.82) is 0 Å². The molecule has 0 saturated heterocycles. The van der Waals surface area contributed by atoms with Crippen LogP contribution in [0.15, 0.2) is 198 Å². The Morgan fingerprint density at radius 1 is 0.333 bits per heavy atom. The van der Waals surface area contributed by atoms with Gasteiger partial charge < -0.3 is 0 Å². The molecule has 8 aromatic carbocycles. The SMILES string of the molecule is CC1(C)c2ccccc2-c2cc3c(cc21)S(=O)(=O)c1ccccc1-c1ccccc1-c1ccccc1-c1ccc(-c2nc(-c4ccccc4)nc(-c4ccccc4)n2)cc1-3. The Labute approximate surface area is 349 Å². The highest BCUT2D eigenvalue weighted by Crippen LogP contribution is 2.54. The highest BCUT2D eigenvalue weighted by molar-refractivity contribution is 7.91. The van der Waals surface area contributed by atoms with Crippen LogP contribution in [0.25, 0.3) is 89.8 Å². The van der Waals surface area contributed by atoms with Crippen LogP contribution in [-0.2, 0) is 15.3 Å². The topological polar surface area (TPSA) is 72.8 Å². The summed E-state index contributed by atoms with van der Waals surface area (Å²) in [4.78, 5) is 15.7. The third kappa shape index (κ3) is 5.59. The smallest absolute Gasteiger partial charge is 0.207 e. The lowest BCUT2D eigenvalue weighted by atomic mass is 9.81. The maximum Gasteiger partial charge on any atom is 0.207 e. The summed E-state index contributed by atoms with van der Waals surface area (Å²) in [7, 11) is -4.15. The fourth-order valence-electron chi connectivity index (χ4n) is 9.19. The van der Waals surface area contributed by atoms with E-state index in [-0.39, 0.29) is 9.79 Å². The van der Waals surface area contributed by atoms with Crippen molar-refractivity contribution in [2.24, 2.45) is 0 Å². The second kappa shape index (κ2) is 13.7. The van der Waals surface area contributed by atoms with Crippen molar-refractivity contribution in [2.75, 3.05) is 0 Å². The van der Waals surface area contributed by atoms with Crippen molar-refractivity contribution >= 4 is 9.84 Å². The Kier molecular flexibility index (Phi) is 8.16. The van der Waals surface area contributed by atoms with Gasteiger partial charge in [0.15, 0.2) is 17.5 Å². The molecule has 0 amide bonds. The summed E-state index contributed by atoms with van der Waals surface area (Å²) in [6.07, 6.45) is 0. The van der Waals surface area contributed by atoms with E-state index in [0.717, 1.165) is 66.8 Å². The van der Waals surface area contributed by atoms with E-state index >= 15 is 8.42 Å². The van der Waals surface area contributed by atoms with Crippen LogP contribution < -0.4 is 0 Å². The minimum absolute atomic E-state index is 0.260. The molecule has 0 saturated carbocycles. The Balaban J connectivity index is 1.27. The summed E-state index contributed by atoms with van der Waals surface area (Å²) in [6, 6.07) is 62.5. The van der Waals surface area contributed by atoms with Crippen LogP contribution in [0.3, 0.4) is 0 Å². The number of benzene rings is 8. The number of fused-ring (bicyclic) bond motifs is 12. The highest BCUT2D eigenvalue weighted by Gasteiger charge is 2.39. The Bertz CT molecular complexity index is 3250. The average molecular weight is 792 g/mol. The first-order valence-corrected chi connectivity index (χ1v) is 21.6. The lowest BCUT2D eigenvalue weighted by molar-refractivity contribution is 0.596. The van der Waals surface area contributed by atoms with Crippen molar-refractivity contribution in [1.82, 2.24) is 15.0 Å².